The van der Waals surface area contributed by atoms with Gasteiger partial charge in [0.05, 0.1) is 6.42 Å². The second-order valence-electron chi connectivity index (χ2n) is 8.33. The molecule has 2 saturated heterocycles. The van der Waals surface area contributed by atoms with Gasteiger partial charge in [-0.25, -0.2) is 0 Å². The Labute approximate surface area is 167 Å². The lowest BCUT2D eigenvalue weighted by molar-refractivity contribution is -0.132. The number of carbonyl (C=O) groups is 2. The molecule has 0 aliphatic carbocycles. The van der Waals surface area contributed by atoms with Crippen molar-refractivity contribution in [1.82, 2.24) is 9.80 Å². The summed E-state index contributed by atoms with van der Waals surface area (Å²) >= 11 is 0. The van der Waals surface area contributed by atoms with Crippen molar-refractivity contribution in [2.75, 3.05) is 26.2 Å². The molecule has 2 heterocycles. The molecule has 2 fully saturated rings. The lowest BCUT2D eigenvalue weighted by Gasteiger charge is -2.33. The summed E-state index contributed by atoms with van der Waals surface area (Å²) in [4.78, 5) is 29.2. The van der Waals surface area contributed by atoms with E-state index in [9.17, 15) is 9.59 Å². The second-order valence-corrected chi connectivity index (χ2v) is 8.33. The highest BCUT2D eigenvalue weighted by Gasteiger charge is 2.25. The molecule has 2 aromatic carbocycles. The first-order valence-electron chi connectivity index (χ1n) is 10.7. The third-order valence-corrected chi connectivity index (χ3v) is 6.27. The first-order valence-corrected chi connectivity index (χ1v) is 10.7. The maximum atomic E-state index is 12.8. The summed E-state index contributed by atoms with van der Waals surface area (Å²) in [6, 6.07) is 14.6. The molecule has 2 aliphatic rings. The largest absolute Gasteiger partial charge is 0.343 e. The van der Waals surface area contributed by atoms with Gasteiger partial charge in [0.1, 0.15) is 0 Å². The summed E-state index contributed by atoms with van der Waals surface area (Å²) in [5.74, 6) is 0.976. The fourth-order valence-corrected chi connectivity index (χ4v) is 4.61. The van der Waals surface area contributed by atoms with Crippen LogP contribution in [0.25, 0.3) is 10.8 Å². The summed E-state index contributed by atoms with van der Waals surface area (Å²) < 4.78 is 0. The van der Waals surface area contributed by atoms with Crippen molar-refractivity contribution in [2.24, 2.45) is 5.92 Å². The number of hydrogen-bond acceptors (Lipinski definition) is 2. The number of amides is 2. The Bertz CT molecular complexity index is 841. The Morgan fingerprint density at radius 3 is 2.43 bits per heavy atom. The first-order chi connectivity index (χ1) is 13.7. The van der Waals surface area contributed by atoms with Crippen LogP contribution in [-0.4, -0.2) is 47.8 Å². The molecule has 4 heteroatoms. The molecule has 4 nitrogen and oxygen atoms in total. The number of benzene rings is 2. The van der Waals surface area contributed by atoms with Crippen molar-refractivity contribution in [2.45, 2.75) is 44.9 Å². The third kappa shape index (κ3) is 4.54. The van der Waals surface area contributed by atoms with Crippen LogP contribution >= 0.6 is 0 Å². The number of carbonyl (C=O) groups excluding carboxylic acids is 2. The molecule has 2 amide bonds. The maximum absolute atomic E-state index is 12.8. The molecule has 28 heavy (non-hydrogen) atoms. The van der Waals surface area contributed by atoms with E-state index in [1.807, 2.05) is 21.9 Å². The van der Waals surface area contributed by atoms with E-state index >= 15 is 0 Å². The van der Waals surface area contributed by atoms with Gasteiger partial charge in [-0.1, -0.05) is 42.5 Å². The first kappa shape index (κ1) is 19.0. The van der Waals surface area contributed by atoms with Crippen LogP contribution in [0.4, 0.5) is 0 Å². The number of likely N-dealkylation sites (tertiary alicyclic amines) is 2. The van der Waals surface area contributed by atoms with Gasteiger partial charge in [0.2, 0.25) is 11.8 Å². The number of hydrogen-bond donors (Lipinski definition) is 0. The SMILES string of the molecule is O=C(CCC1CCCN(C(=O)Cc2ccc3ccccc3c2)C1)N1CCCC1. The maximum Gasteiger partial charge on any atom is 0.226 e. The predicted octanol–water partition coefficient (Wildman–Crippen LogP) is 4.02. The quantitative estimate of drug-likeness (QED) is 0.788. The fraction of sp³-hybridized carbons (Fsp3) is 0.500. The van der Waals surface area contributed by atoms with Gasteiger partial charge in [0.15, 0.2) is 0 Å². The predicted molar refractivity (Wildman–Crippen MR) is 112 cm³/mol. The standard InChI is InChI=1S/C24H30N2O2/c27-23(25-13-3-4-14-25)12-10-19-6-5-15-26(18-19)24(28)17-20-9-11-21-7-1-2-8-22(21)16-20/h1-2,7-9,11,16,19H,3-6,10,12-15,17-18H2. The monoisotopic (exact) mass is 378 g/mol. The van der Waals surface area contributed by atoms with E-state index in [0.29, 0.717) is 24.7 Å². The molecule has 1 atom stereocenters. The number of nitrogens with zero attached hydrogens (tertiary/aromatic N) is 2. The van der Waals surface area contributed by atoms with Crippen LogP contribution in [0.2, 0.25) is 0 Å². The molecule has 0 bridgehead atoms. The molecule has 2 aliphatic heterocycles. The van der Waals surface area contributed by atoms with Crippen LogP contribution in [0.3, 0.4) is 0 Å². The van der Waals surface area contributed by atoms with Crippen molar-refractivity contribution < 1.29 is 9.59 Å². The molecular weight excluding hydrogens is 348 g/mol. The Kier molecular flexibility index (Phi) is 5.94. The minimum Gasteiger partial charge on any atom is -0.343 e. The zero-order valence-electron chi connectivity index (χ0n) is 16.6. The smallest absolute Gasteiger partial charge is 0.226 e. The molecule has 0 N–H and O–H groups in total. The van der Waals surface area contributed by atoms with Gasteiger partial charge in [-0.3, -0.25) is 9.59 Å². The lowest BCUT2D eigenvalue weighted by Crippen LogP contribution is -2.41. The van der Waals surface area contributed by atoms with Gasteiger partial charge in [-0.15, -0.1) is 0 Å². The van der Waals surface area contributed by atoms with Crippen molar-refractivity contribution >= 4 is 22.6 Å². The summed E-state index contributed by atoms with van der Waals surface area (Å²) in [6.07, 6.45) is 6.48. The van der Waals surface area contributed by atoms with Gasteiger partial charge < -0.3 is 9.80 Å². The second kappa shape index (κ2) is 8.76. The van der Waals surface area contributed by atoms with Crippen LogP contribution in [0, 0.1) is 5.92 Å². The highest BCUT2D eigenvalue weighted by molar-refractivity contribution is 5.85. The van der Waals surface area contributed by atoms with Crippen LogP contribution < -0.4 is 0 Å². The third-order valence-electron chi connectivity index (χ3n) is 6.27. The van der Waals surface area contributed by atoms with Crippen LogP contribution in [0.15, 0.2) is 42.5 Å². The van der Waals surface area contributed by atoms with Crippen molar-refractivity contribution in [3.8, 4) is 0 Å². The van der Waals surface area contributed by atoms with Crippen molar-refractivity contribution in [3.05, 3.63) is 48.0 Å². The van der Waals surface area contributed by atoms with Gasteiger partial charge >= 0.3 is 0 Å². The topological polar surface area (TPSA) is 40.6 Å². The highest BCUT2D eigenvalue weighted by atomic mass is 16.2. The summed E-state index contributed by atoms with van der Waals surface area (Å²) in [5.41, 5.74) is 1.08. The Morgan fingerprint density at radius 1 is 0.857 bits per heavy atom. The molecule has 0 spiro atoms. The van der Waals surface area contributed by atoms with Crippen LogP contribution in [-0.2, 0) is 16.0 Å². The summed E-state index contributed by atoms with van der Waals surface area (Å²) in [5, 5.41) is 2.39. The van der Waals surface area contributed by atoms with E-state index in [1.54, 1.807) is 0 Å². The number of rotatable bonds is 5. The van der Waals surface area contributed by atoms with Gasteiger partial charge in [0, 0.05) is 32.6 Å². The zero-order chi connectivity index (χ0) is 19.3. The van der Waals surface area contributed by atoms with Crippen molar-refractivity contribution in [1.29, 1.82) is 0 Å². The minimum absolute atomic E-state index is 0.214. The van der Waals surface area contributed by atoms with Crippen LogP contribution in [0.1, 0.15) is 44.1 Å². The number of piperidine rings is 1. The van der Waals surface area contributed by atoms with E-state index in [2.05, 4.69) is 30.3 Å². The molecule has 148 valence electrons. The lowest BCUT2D eigenvalue weighted by atomic mass is 9.92. The van der Waals surface area contributed by atoms with E-state index in [0.717, 1.165) is 63.8 Å². The molecule has 4 rings (SSSR count). The van der Waals surface area contributed by atoms with Crippen LogP contribution in [0.5, 0.6) is 0 Å². The average molecular weight is 379 g/mol. The zero-order valence-corrected chi connectivity index (χ0v) is 16.6. The van der Waals surface area contributed by atoms with E-state index in [-0.39, 0.29) is 5.91 Å². The molecule has 1 unspecified atom stereocenters. The molecular formula is C24H30N2O2. The molecule has 0 saturated carbocycles. The normalized spacial score (nSPS) is 19.9. The minimum atomic E-state index is 0.214. The Balaban J connectivity index is 1.30. The van der Waals surface area contributed by atoms with E-state index < -0.39 is 0 Å². The molecule has 0 radical (unpaired) electrons. The average Bonchev–Trinajstić information content (AvgIpc) is 3.27. The summed E-state index contributed by atoms with van der Waals surface area (Å²) in [7, 11) is 0. The van der Waals surface area contributed by atoms with Crippen molar-refractivity contribution in [3.63, 3.8) is 0 Å². The Hall–Kier alpha value is -2.36. The molecule has 2 aromatic rings. The van der Waals surface area contributed by atoms with E-state index in [4.69, 9.17) is 0 Å². The fourth-order valence-electron chi connectivity index (χ4n) is 4.61. The Morgan fingerprint density at radius 2 is 1.61 bits per heavy atom. The van der Waals surface area contributed by atoms with E-state index in [1.165, 1.54) is 10.8 Å². The van der Waals surface area contributed by atoms with Gasteiger partial charge in [-0.2, -0.15) is 0 Å². The molecule has 0 aromatic heterocycles. The highest BCUT2D eigenvalue weighted by Crippen LogP contribution is 2.23. The van der Waals surface area contributed by atoms with Gasteiger partial charge in [-0.05, 0) is 54.4 Å². The summed E-state index contributed by atoms with van der Waals surface area (Å²) in [6.45, 7) is 3.52. The van der Waals surface area contributed by atoms with Gasteiger partial charge in [0.25, 0.3) is 0 Å². The number of fused-ring (bicyclic) bond motifs is 1.